The van der Waals surface area contributed by atoms with Crippen LogP contribution in [-0.2, 0) is 0 Å². The van der Waals surface area contributed by atoms with E-state index in [0.29, 0.717) is 5.65 Å². The zero-order valence-electron chi connectivity index (χ0n) is 8.66. The zero-order chi connectivity index (χ0) is 11.2. The molecule has 4 heterocycles. The first-order chi connectivity index (χ1) is 8.42. The van der Waals surface area contributed by atoms with Crippen molar-refractivity contribution in [1.29, 1.82) is 0 Å². The van der Waals surface area contributed by atoms with E-state index in [2.05, 4.69) is 19.9 Å². The van der Waals surface area contributed by atoms with Crippen LogP contribution in [0.2, 0.25) is 0 Å². The second-order valence-corrected chi connectivity index (χ2v) is 4.79. The molecule has 17 heavy (non-hydrogen) atoms. The Kier molecular flexibility index (Phi) is 1.67. The summed E-state index contributed by atoms with van der Waals surface area (Å²) in [5.41, 5.74) is 2.48. The van der Waals surface area contributed by atoms with Gasteiger partial charge in [-0.05, 0) is 12.1 Å². The summed E-state index contributed by atoms with van der Waals surface area (Å²) in [6.07, 6.45) is 7.00. The third-order valence-corrected chi connectivity index (χ3v) is 3.79. The minimum Gasteiger partial charge on any atom is -0.264 e. The minimum absolute atomic E-state index is 0.684. The van der Waals surface area contributed by atoms with Crippen LogP contribution in [-0.4, -0.2) is 19.9 Å². The number of hydrogen-bond acceptors (Lipinski definition) is 5. The molecule has 0 fully saturated rings. The molecule has 0 saturated carbocycles. The Balaban J connectivity index is 2.28. The quantitative estimate of drug-likeness (QED) is 0.472. The first kappa shape index (κ1) is 8.95. The SMILES string of the molecule is c1cc2sc3cc4nccnc4nc3c2cn1. The van der Waals surface area contributed by atoms with E-state index in [1.54, 1.807) is 29.9 Å². The number of fused-ring (bicyclic) bond motifs is 4. The molecule has 0 amide bonds. The van der Waals surface area contributed by atoms with Gasteiger partial charge in [0.1, 0.15) is 5.52 Å². The molecule has 0 aliphatic rings. The van der Waals surface area contributed by atoms with Crippen LogP contribution in [0.5, 0.6) is 0 Å². The van der Waals surface area contributed by atoms with Gasteiger partial charge in [-0.2, -0.15) is 0 Å². The topological polar surface area (TPSA) is 51.6 Å². The molecule has 0 aliphatic carbocycles. The van der Waals surface area contributed by atoms with Crippen molar-refractivity contribution in [2.24, 2.45) is 0 Å². The largest absolute Gasteiger partial charge is 0.264 e. The summed E-state index contributed by atoms with van der Waals surface area (Å²) < 4.78 is 2.32. The highest BCUT2D eigenvalue weighted by molar-refractivity contribution is 7.25. The summed E-state index contributed by atoms with van der Waals surface area (Å²) >= 11 is 1.71. The molecule has 0 atom stereocenters. The van der Waals surface area contributed by atoms with Crippen molar-refractivity contribution in [2.45, 2.75) is 0 Å². The second-order valence-electron chi connectivity index (χ2n) is 3.71. The molecule has 5 heteroatoms. The fourth-order valence-corrected chi connectivity index (χ4v) is 2.97. The van der Waals surface area contributed by atoms with E-state index in [1.807, 2.05) is 18.3 Å². The van der Waals surface area contributed by atoms with E-state index in [-0.39, 0.29) is 0 Å². The van der Waals surface area contributed by atoms with Crippen molar-refractivity contribution in [3.05, 3.63) is 36.9 Å². The average molecular weight is 238 g/mol. The predicted octanol–water partition coefficient (Wildman–Crippen LogP) is 2.79. The summed E-state index contributed by atoms with van der Waals surface area (Å²) in [5.74, 6) is 0. The number of pyridine rings is 2. The molecular weight excluding hydrogens is 232 g/mol. The standard InChI is InChI=1S/C12H6N4S/c1-2-13-6-7-9(1)17-10-5-8-12(16-11(7)10)15-4-3-14-8/h1-6H. The molecule has 4 aromatic heterocycles. The van der Waals surface area contributed by atoms with E-state index in [9.17, 15) is 0 Å². The van der Waals surface area contributed by atoms with E-state index < -0.39 is 0 Å². The van der Waals surface area contributed by atoms with Crippen LogP contribution in [0.25, 0.3) is 31.5 Å². The summed E-state index contributed by atoms with van der Waals surface area (Å²) in [6, 6.07) is 4.04. The molecule has 4 rings (SSSR count). The van der Waals surface area contributed by atoms with E-state index in [4.69, 9.17) is 0 Å². The Hall–Kier alpha value is -2.14. The first-order valence-electron chi connectivity index (χ1n) is 5.16. The van der Waals surface area contributed by atoms with Crippen LogP contribution in [0.1, 0.15) is 0 Å². The monoisotopic (exact) mass is 238 g/mol. The van der Waals surface area contributed by atoms with Gasteiger partial charge in [0, 0.05) is 34.9 Å². The highest BCUT2D eigenvalue weighted by Gasteiger charge is 2.08. The molecule has 0 aliphatic heterocycles. The van der Waals surface area contributed by atoms with Gasteiger partial charge in [0.15, 0.2) is 5.65 Å². The van der Waals surface area contributed by atoms with Crippen molar-refractivity contribution in [1.82, 2.24) is 19.9 Å². The number of aromatic nitrogens is 4. The molecule has 4 aromatic rings. The van der Waals surface area contributed by atoms with Gasteiger partial charge in [0.05, 0.1) is 10.2 Å². The Morgan fingerprint density at radius 3 is 2.94 bits per heavy atom. The number of rotatable bonds is 0. The van der Waals surface area contributed by atoms with Crippen LogP contribution in [0, 0.1) is 0 Å². The van der Waals surface area contributed by atoms with Gasteiger partial charge in [0.2, 0.25) is 0 Å². The molecule has 0 N–H and O–H groups in total. The number of hydrogen-bond donors (Lipinski definition) is 0. The first-order valence-corrected chi connectivity index (χ1v) is 5.97. The lowest BCUT2D eigenvalue weighted by Crippen LogP contribution is -1.85. The average Bonchev–Trinajstić information content (AvgIpc) is 2.73. The Labute approximate surface area is 100.0 Å². The van der Waals surface area contributed by atoms with Crippen molar-refractivity contribution in [3.63, 3.8) is 0 Å². The van der Waals surface area contributed by atoms with Gasteiger partial charge in [-0.1, -0.05) is 0 Å². The normalized spacial score (nSPS) is 11.5. The molecule has 0 saturated heterocycles. The van der Waals surface area contributed by atoms with Crippen molar-refractivity contribution < 1.29 is 0 Å². The molecule has 4 nitrogen and oxygen atoms in total. The van der Waals surface area contributed by atoms with Gasteiger partial charge in [-0.15, -0.1) is 11.3 Å². The fraction of sp³-hybridized carbons (Fsp3) is 0. The molecule has 0 unspecified atom stereocenters. The van der Waals surface area contributed by atoms with Crippen LogP contribution < -0.4 is 0 Å². The summed E-state index contributed by atoms with van der Waals surface area (Å²) in [6.45, 7) is 0. The third kappa shape index (κ3) is 1.23. The maximum absolute atomic E-state index is 4.56. The van der Waals surface area contributed by atoms with E-state index in [0.717, 1.165) is 21.1 Å². The van der Waals surface area contributed by atoms with Crippen molar-refractivity contribution in [2.75, 3.05) is 0 Å². The van der Waals surface area contributed by atoms with Gasteiger partial charge in [0.25, 0.3) is 0 Å². The van der Waals surface area contributed by atoms with Crippen molar-refractivity contribution >= 4 is 42.8 Å². The highest BCUT2D eigenvalue weighted by atomic mass is 32.1. The Morgan fingerprint density at radius 2 is 1.94 bits per heavy atom. The van der Waals surface area contributed by atoms with Gasteiger partial charge in [-0.3, -0.25) is 9.97 Å². The molecule has 0 radical (unpaired) electrons. The third-order valence-electron chi connectivity index (χ3n) is 2.68. The zero-order valence-corrected chi connectivity index (χ0v) is 9.48. The lowest BCUT2D eigenvalue weighted by atomic mass is 10.3. The maximum atomic E-state index is 4.56. The van der Waals surface area contributed by atoms with E-state index >= 15 is 0 Å². The van der Waals surface area contributed by atoms with Crippen molar-refractivity contribution in [3.8, 4) is 0 Å². The molecule has 0 aromatic carbocycles. The second kappa shape index (κ2) is 3.18. The van der Waals surface area contributed by atoms with Gasteiger partial charge < -0.3 is 0 Å². The maximum Gasteiger partial charge on any atom is 0.178 e. The molecule has 0 bridgehead atoms. The summed E-state index contributed by atoms with van der Waals surface area (Å²) in [7, 11) is 0. The Bertz CT molecular complexity index is 847. The van der Waals surface area contributed by atoms with Crippen LogP contribution in [0.15, 0.2) is 36.9 Å². The molecule has 0 spiro atoms. The minimum atomic E-state index is 0.684. The van der Waals surface area contributed by atoms with Crippen LogP contribution in [0.4, 0.5) is 0 Å². The van der Waals surface area contributed by atoms with Crippen LogP contribution in [0.3, 0.4) is 0 Å². The lowest BCUT2D eigenvalue weighted by molar-refractivity contribution is 1.25. The smallest absolute Gasteiger partial charge is 0.178 e. The highest BCUT2D eigenvalue weighted by Crippen LogP contribution is 2.32. The Morgan fingerprint density at radius 1 is 1.00 bits per heavy atom. The van der Waals surface area contributed by atoms with Gasteiger partial charge in [-0.25, -0.2) is 9.97 Å². The predicted molar refractivity (Wildman–Crippen MR) is 68.0 cm³/mol. The van der Waals surface area contributed by atoms with E-state index in [1.165, 1.54) is 4.70 Å². The lowest BCUT2D eigenvalue weighted by Gasteiger charge is -1.94. The summed E-state index contributed by atoms with van der Waals surface area (Å²) in [4.78, 5) is 17.2. The van der Waals surface area contributed by atoms with Gasteiger partial charge >= 0.3 is 0 Å². The summed E-state index contributed by atoms with van der Waals surface area (Å²) in [5, 5.41) is 1.08. The molecular formula is C12H6N4S. The van der Waals surface area contributed by atoms with Crippen LogP contribution >= 0.6 is 11.3 Å². The fourth-order valence-electron chi connectivity index (χ4n) is 1.92. The molecule has 80 valence electrons. The number of nitrogens with zero attached hydrogens (tertiary/aromatic N) is 4. The number of thiophene rings is 1.